The molecule has 0 heterocycles. The fraction of sp³-hybridized carbons (Fsp3) is 0.250. The minimum Gasteiger partial charge on any atom is -0.508 e. The van der Waals surface area contributed by atoms with E-state index in [1.807, 2.05) is 20.8 Å². The summed E-state index contributed by atoms with van der Waals surface area (Å²) in [4.78, 5) is 10.9. The molecule has 130 valence electrons. The lowest BCUT2D eigenvalue weighted by Gasteiger charge is -2.21. The van der Waals surface area contributed by atoms with E-state index in [-0.39, 0.29) is 22.5 Å². The van der Waals surface area contributed by atoms with Gasteiger partial charge in [0.25, 0.3) is 0 Å². The first kappa shape index (κ1) is 18.4. The van der Waals surface area contributed by atoms with Crippen molar-refractivity contribution in [3.05, 3.63) is 58.7 Å². The predicted molar refractivity (Wildman–Crippen MR) is 93.7 cm³/mol. The highest BCUT2D eigenvalue weighted by atomic mass is 16.4. The molecule has 1 unspecified atom stereocenters. The molecular weight excluding hydrogens is 320 g/mol. The van der Waals surface area contributed by atoms with Gasteiger partial charge < -0.3 is 20.4 Å². The summed E-state index contributed by atoms with van der Waals surface area (Å²) < 4.78 is 0. The number of hydrogen-bond donors (Lipinski definition) is 4. The number of benzene rings is 2. The first-order valence-corrected chi connectivity index (χ1v) is 7.69. The molecule has 0 aromatic heterocycles. The van der Waals surface area contributed by atoms with Crippen molar-refractivity contribution < 1.29 is 25.2 Å². The Labute approximate surface area is 146 Å². The fourth-order valence-electron chi connectivity index (χ4n) is 2.35. The van der Waals surface area contributed by atoms with E-state index >= 15 is 0 Å². The second-order valence-corrected chi connectivity index (χ2v) is 6.74. The van der Waals surface area contributed by atoms with Crippen LogP contribution in [0.5, 0.6) is 11.5 Å². The Hall–Kier alpha value is -2.97. The van der Waals surface area contributed by atoms with Gasteiger partial charge in [0.1, 0.15) is 23.2 Å². The van der Waals surface area contributed by atoms with Crippen molar-refractivity contribution >= 4 is 5.97 Å². The molecule has 25 heavy (non-hydrogen) atoms. The molecule has 0 saturated carbocycles. The summed E-state index contributed by atoms with van der Waals surface area (Å²) in [6.45, 7) is 5.87. The van der Waals surface area contributed by atoms with Crippen molar-refractivity contribution in [1.82, 2.24) is 0 Å². The maximum Gasteiger partial charge on any atom is 0.339 e. The molecule has 0 radical (unpaired) electrons. The fourth-order valence-corrected chi connectivity index (χ4v) is 2.35. The minimum atomic E-state index is -1.23. The summed E-state index contributed by atoms with van der Waals surface area (Å²) in [7, 11) is 0. The van der Waals surface area contributed by atoms with Gasteiger partial charge in [0, 0.05) is 5.56 Å². The molecule has 2 rings (SSSR count). The van der Waals surface area contributed by atoms with Gasteiger partial charge >= 0.3 is 5.97 Å². The zero-order valence-electron chi connectivity index (χ0n) is 14.2. The van der Waals surface area contributed by atoms with Crippen LogP contribution in [0.1, 0.15) is 53.9 Å². The minimum absolute atomic E-state index is 0.158. The smallest absolute Gasteiger partial charge is 0.339 e. The Kier molecular flexibility index (Phi) is 5.05. The average molecular weight is 340 g/mol. The summed E-state index contributed by atoms with van der Waals surface area (Å²) >= 11 is 0. The van der Waals surface area contributed by atoms with Crippen LogP contribution in [0.3, 0.4) is 0 Å². The van der Waals surface area contributed by atoms with Gasteiger partial charge in [0.2, 0.25) is 0 Å². The Balaban J connectivity index is 2.30. The number of aliphatic hydroxyl groups excluding tert-OH is 1. The van der Waals surface area contributed by atoms with Crippen LogP contribution < -0.4 is 0 Å². The quantitative estimate of drug-likeness (QED) is 0.630. The molecule has 0 saturated heterocycles. The van der Waals surface area contributed by atoms with Crippen LogP contribution in [0.25, 0.3) is 0 Å². The van der Waals surface area contributed by atoms with Gasteiger partial charge in [-0.1, -0.05) is 38.7 Å². The van der Waals surface area contributed by atoms with Crippen molar-refractivity contribution in [2.75, 3.05) is 0 Å². The van der Waals surface area contributed by atoms with Crippen molar-refractivity contribution in [2.24, 2.45) is 0 Å². The summed E-state index contributed by atoms with van der Waals surface area (Å²) in [5, 5.41) is 38.8. The highest BCUT2D eigenvalue weighted by Crippen LogP contribution is 2.32. The number of aliphatic hydroxyl groups is 1. The van der Waals surface area contributed by atoms with Gasteiger partial charge in [-0.2, -0.15) is 0 Å². The van der Waals surface area contributed by atoms with E-state index in [1.54, 1.807) is 12.1 Å². The number of carbonyl (C=O) groups is 1. The Morgan fingerprint density at radius 2 is 1.72 bits per heavy atom. The van der Waals surface area contributed by atoms with Gasteiger partial charge in [0.15, 0.2) is 0 Å². The maximum absolute atomic E-state index is 10.9. The van der Waals surface area contributed by atoms with Gasteiger partial charge in [0.05, 0.1) is 0 Å². The number of phenolic OH excluding ortho intramolecular Hbond substituents is 1. The van der Waals surface area contributed by atoms with E-state index < -0.39 is 12.1 Å². The second-order valence-electron chi connectivity index (χ2n) is 6.74. The lowest BCUT2D eigenvalue weighted by Crippen LogP contribution is -2.12. The normalized spacial score (nSPS) is 12.2. The number of aromatic carboxylic acids is 1. The van der Waals surface area contributed by atoms with E-state index in [0.29, 0.717) is 16.7 Å². The zero-order valence-corrected chi connectivity index (χ0v) is 14.2. The Morgan fingerprint density at radius 3 is 2.28 bits per heavy atom. The van der Waals surface area contributed by atoms with Gasteiger partial charge in [-0.3, -0.25) is 0 Å². The highest BCUT2D eigenvalue weighted by Gasteiger charge is 2.19. The lowest BCUT2D eigenvalue weighted by atomic mass is 9.85. The molecule has 0 fully saturated rings. The number of phenols is 2. The van der Waals surface area contributed by atoms with Gasteiger partial charge in [-0.15, -0.1) is 0 Å². The van der Waals surface area contributed by atoms with Crippen LogP contribution >= 0.6 is 0 Å². The van der Waals surface area contributed by atoms with Crippen molar-refractivity contribution in [3.63, 3.8) is 0 Å². The monoisotopic (exact) mass is 340 g/mol. The van der Waals surface area contributed by atoms with E-state index in [4.69, 9.17) is 5.11 Å². The third kappa shape index (κ3) is 4.31. The topological polar surface area (TPSA) is 98.0 Å². The molecular formula is C20H20O5. The van der Waals surface area contributed by atoms with Crippen LogP contribution in [-0.2, 0) is 5.41 Å². The number of hydrogen-bond acceptors (Lipinski definition) is 4. The van der Waals surface area contributed by atoms with E-state index in [2.05, 4.69) is 11.8 Å². The van der Waals surface area contributed by atoms with Gasteiger partial charge in [-0.25, -0.2) is 4.79 Å². The number of carboxylic acids is 1. The summed E-state index contributed by atoms with van der Waals surface area (Å²) in [5.41, 5.74) is 1.14. The number of carboxylic acid groups (broad SMARTS) is 1. The van der Waals surface area contributed by atoms with Crippen molar-refractivity contribution in [3.8, 4) is 23.3 Å². The molecule has 5 heteroatoms. The first-order chi connectivity index (χ1) is 11.6. The average Bonchev–Trinajstić information content (AvgIpc) is 2.51. The van der Waals surface area contributed by atoms with E-state index in [1.165, 1.54) is 24.3 Å². The van der Waals surface area contributed by atoms with E-state index in [9.17, 15) is 20.1 Å². The summed E-state index contributed by atoms with van der Waals surface area (Å²) in [5.74, 6) is 3.91. The molecule has 0 spiro atoms. The van der Waals surface area contributed by atoms with Crippen molar-refractivity contribution in [1.29, 1.82) is 0 Å². The van der Waals surface area contributed by atoms with Crippen LogP contribution in [0.15, 0.2) is 36.4 Å². The lowest BCUT2D eigenvalue weighted by molar-refractivity contribution is 0.0693. The van der Waals surface area contributed by atoms with Crippen LogP contribution in [0.2, 0.25) is 0 Å². The van der Waals surface area contributed by atoms with Gasteiger partial charge in [-0.05, 0) is 46.9 Å². The molecule has 0 aliphatic carbocycles. The number of aromatic hydroxyl groups is 2. The maximum atomic E-state index is 10.9. The SMILES string of the molecule is CC(C)(C)c1cc(C(O)C#Cc2ccc(C(=O)O)c(O)c2)ccc1O. The molecule has 0 aliphatic rings. The Morgan fingerprint density at radius 1 is 1.04 bits per heavy atom. The van der Waals surface area contributed by atoms with E-state index in [0.717, 1.165) is 0 Å². The summed E-state index contributed by atoms with van der Waals surface area (Å²) in [6, 6.07) is 8.77. The third-order valence-corrected chi connectivity index (χ3v) is 3.73. The molecule has 4 N–H and O–H groups in total. The van der Waals surface area contributed by atoms with Crippen LogP contribution in [-0.4, -0.2) is 26.4 Å². The van der Waals surface area contributed by atoms with Crippen molar-refractivity contribution in [2.45, 2.75) is 32.3 Å². The molecule has 0 aliphatic heterocycles. The second kappa shape index (κ2) is 6.88. The summed E-state index contributed by atoms with van der Waals surface area (Å²) in [6.07, 6.45) is -1.08. The Bertz CT molecular complexity index is 866. The highest BCUT2D eigenvalue weighted by molar-refractivity contribution is 5.90. The molecule has 2 aromatic rings. The van der Waals surface area contributed by atoms with Crippen LogP contribution in [0, 0.1) is 11.8 Å². The molecule has 0 bridgehead atoms. The molecule has 0 amide bonds. The first-order valence-electron chi connectivity index (χ1n) is 7.69. The predicted octanol–water partition coefficient (Wildman–Crippen LogP) is 3.18. The standard InChI is InChI=1S/C20H20O5/c1-20(2,3)15-11-13(6-9-17(15)22)16(21)8-5-12-4-7-14(19(24)25)18(23)10-12/h4,6-7,9-11,16,21-23H,1-3H3,(H,24,25). The largest absolute Gasteiger partial charge is 0.508 e. The molecule has 5 nitrogen and oxygen atoms in total. The number of rotatable bonds is 2. The zero-order chi connectivity index (χ0) is 18.8. The molecule has 1 atom stereocenters. The molecule has 2 aromatic carbocycles. The van der Waals surface area contributed by atoms with Crippen LogP contribution in [0.4, 0.5) is 0 Å². The third-order valence-electron chi connectivity index (χ3n) is 3.73.